The molecule has 0 bridgehead atoms. The molecule has 1 N–H and O–H groups in total. The molecule has 0 heterocycles. The minimum atomic E-state index is -0.223. The topological polar surface area (TPSA) is 12.0 Å². The fourth-order valence-electron chi connectivity index (χ4n) is 2.40. The standard InChI is InChI=1S/C17H18BrClFN/c1-3-21-16(14-6-4-5-11(2)17(14)19)10-12-9-13(20)7-8-15(12)18/h4-9,16,21H,3,10H2,1-2H3. The monoisotopic (exact) mass is 369 g/mol. The van der Waals surface area contributed by atoms with E-state index in [0.717, 1.165) is 32.7 Å². The molecule has 1 nitrogen and oxygen atoms in total. The Kier molecular flexibility index (Phi) is 5.80. The minimum absolute atomic E-state index is 0.0560. The van der Waals surface area contributed by atoms with Crippen molar-refractivity contribution in [1.82, 2.24) is 5.32 Å². The summed E-state index contributed by atoms with van der Waals surface area (Å²) >= 11 is 9.92. The molecule has 1 atom stereocenters. The highest BCUT2D eigenvalue weighted by Gasteiger charge is 2.17. The second-order valence-electron chi connectivity index (χ2n) is 5.03. The number of aryl methyl sites for hydroxylation is 1. The maximum Gasteiger partial charge on any atom is 0.123 e. The van der Waals surface area contributed by atoms with Gasteiger partial charge in [-0.2, -0.15) is 0 Å². The summed E-state index contributed by atoms with van der Waals surface area (Å²) in [6, 6.07) is 10.8. The Bertz CT molecular complexity index is 630. The fourth-order valence-corrected chi connectivity index (χ4v) is 3.06. The first-order valence-electron chi connectivity index (χ1n) is 6.95. The van der Waals surface area contributed by atoms with Crippen molar-refractivity contribution in [1.29, 1.82) is 0 Å². The molecule has 2 rings (SSSR count). The molecular formula is C17H18BrClFN. The molecule has 0 amide bonds. The lowest BCUT2D eigenvalue weighted by Crippen LogP contribution is -2.23. The van der Waals surface area contributed by atoms with Crippen molar-refractivity contribution in [2.45, 2.75) is 26.3 Å². The molecule has 0 saturated heterocycles. The van der Waals surface area contributed by atoms with Gasteiger partial charge in [-0.1, -0.05) is 52.7 Å². The molecule has 0 saturated carbocycles. The minimum Gasteiger partial charge on any atom is -0.310 e. The van der Waals surface area contributed by atoms with E-state index in [2.05, 4.69) is 28.2 Å². The third-order valence-electron chi connectivity index (χ3n) is 3.48. The van der Waals surface area contributed by atoms with Gasteiger partial charge in [-0.25, -0.2) is 4.39 Å². The Labute approximate surface area is 138 Å². The molecule has 112 valence electrons. The molecule has 0 spiro atoms. The third kappa shape index (κ3) is 4.06. The lowest BCUT2D eigenvalue weighted by Gasteiger charge is -2.21. The highest BCUT2D eigenvalue weighted by Crippen LogP contribution is 2.30. The van der Waals surface area contributed by atoms with E-state index < -0.39 is 0 Å². The Morgan fingerprint density at radius 1 is 1.29 bits per heavy atom. The summed E-state index contributed by atoms with van der Waals surface area (Å²) in [7, 11) is 0. The zero-order valence-corrected chi connectivity index (χ0v) is 14.4. The number of hydrogen-bond acceptors (Lipinski definition) is 1. The van der Waals surface area contributed by atoms with E-state index >= 15 is 0 Å². The summed E-state index contributed by atoms with van der Waals surface area (Å²) in [4.78, 5) is 0. The Morgan fingerprint density at radius 2 is 2.05 bits per heavy atom. The predicted molar refractivity (Wildman–Crippen MR) is 90.4 cm³/mol. The van der Waals surface area contributed by atoms with Crippen LogP contribution < -0.4 is 5.32 Å². The smallest absolute Gasteiger partial charge is 0.123 e. The summed E-state index contributed by atoms with van der Waals surface area (Å²) in [5, 5.41) is 4.21. The van der Waals surface area contributed by atoms with Crippen LogP contribution in [0.5, 0.6) is 0 Å². The van der Waals surface area contributed by atoms with Gasteiger partial charge in [-0.15, -0.1) is 0 Å². The van der Waals surface area contributed by atoms with Crippen LogP contribution in [-0.4, -0.2) is 6.54 Å². The van der Waals surface area contributed by atoms with Crippen molar-refractivity contribution >= 4 is 27.5 Å². The van der Waals surface area contributed by atoms with Crippen molar-refractivity contribution in [3.05, 3.63) is 68.4 Å². The van der Waals surface area contributed by atoms with E-state index in [9.17, 15) is 4.39 Å². The zero-order chi connectivity index (χ0) is 15.4. The van der Waals surface area contributed by atoms with Crippen LogP contribution in [0.25, 0.3) is 0 Å². The van der Waals surface area contributed by atoms with Crippen LogP contribution in [-0.2, 0) is 6.42 Å². The molecule has 0 aliphatic rings. The number of hydrogen-bond donors (Lipinski definition) is 1. The van der Waals surface area contributed by atoms with Crippen LogP contribution in [0.4, 0.5) is 4.39 Å². The number of rotatable bonds is 5. The highest BCUT2D eigenvalue weighted by molar-refractivity contribution is 9.10. The van der Waals surface area contributed by atoms with Gasteiger partial charge in [0, 0.05) is 15.5 Å². The molecule has 0 aliphatic carbocycles. The van der Waals surface area contributed by atoms with E-state index in [1.807, 2.05) is 25.1 Å². The SMILES string of the molecule is CCNC(Cc1cc(F)ccc1Br)c1cccc(C)c1Cl. The molecular weight excluding hydrogens is 353 g/mol. The summed E-state index contributed by atoms with van der Waals surface area (Å²) in [6.07, 6.45) is 0.676. The van der Waals surface area contributed by atoms with Crippen molar-refractivity contribution in [3.8, 4) is 0 Å². The van der Waals surface area contributed by atoms with Gasteiger partial charge in [0.2, 0.25) is 0 Å². The fraction of sp³-hybridized carbons (Fsp3) is 0.294. The molecule has 1 unspecified atom stereocenters. The van der Waals surface area contributed by atoms with E-state index in [-0.39, 0.29) is 11.9 Å². The Morgan fingerprint density at radius 3 is 2.76 bits per heavy atom. The van der Waals surface area contributed by atoms with Crippen molar-refractivity contribution in [2.75, 3.05) is 6.54 Å². The van der Waals surface area contributed by atoms with E-state index in [1.54, 1.807) is 12.1 Å². The van der Waals surface area contributed by atoms with Gasteiger partial charge >= 0.3 is 0 Å². The molecule has 4 heteroatoms. The van der Waals surface area contributed by atoms with E-state index in [0.29, 0.717) is 6.42 Å². The Balaban J connectivity index is 2.35. The maximum atomic E-state index is 13.5. The van der Waals surface area contributed by atoms with Crippen LogP contribution in [0.3, 0.4) is 0 Å². The average molecular weight is 371 g/mol. The first-order valence-corrected chi connectivity index (χ1v) is 8.12. The second-order valence-corrected chi connectivity index (χ2v) is 6.26. The highest BCUT2D eigenvalue weighted by atomic mass is 79.9. The van der Waals surface area contributed by atoms with Crippen LogP contribution in [0.15, 0.2) is 40.9 Å². The van der Waals surface area contributed by atoms with Gasteiger partial charge in [0.1, 0.15) is 5.82 Å². The predicted octanol–water partition coefficient (Wildman–Crippen LogP) is 5.44. The molecule has 21 heavy (non-hydrogen) atoms. The Hall–Kier alpha value is -0.900. The van der Waals surface area contributed by atoms with Gasteiger partial charge in [-0.3, -0.25) is 0 Å². The lowest BCUT2D eigenvalue weighted by atomic mass is 9.97. The van der Waals surface area contributed by atoms with E-state index in [1.165, 1.54) is 6.07 Å². The number of nitrogens with one attached hydrogen (secondary N) is 1. The summed E-state index contributed by atoms with van der Waals surface area (Å²) in [6.45, 7) is 4.87. The van der Waals surface area contributed by atoms with Crippen LogP contribution >= 0.6 is 27.5 Å². The molecule has 2 aromatic carbocycles. The average Bonchev–Trinajstić information content (AvgIpc) is 2.45. The number of halogens is 3. The number of likely N-dealkylation sites (N-methyl/N-ethyl adjacent to an activating group) is 1. The molecule has 2 aromatic rings. The van der Waals surface area contributed by atoms with Crippen molar-refractivity contribution in [3.63, 3.8) is 0 Å². The van der Waals surface area contributed by atoms with Crippen LogP contribution in [0.1, 0.15) is 29.7 Å². The molecule has 0 fully saturated rings. The second kappa shape index (κ2) is 7.39. The first kappa shape index (κ1) is 16.5. The van der Waals surface area contributed by atoms with Gasteiger partial charge in [0.05, 0.1) is 0 Å². The van der Waals surface area contributed by atoms with Crippen LogP contribution in [0, 0.1) is 12.7 Å². The summed E-state index contributed by atoms with van der Waals surface area (Å²) < 4.78 is 14.4. The largest absolute Gasteiger partial charge is 0.310 e. The molecule has 0 aromatic heterocycles. The van der Waals surface area contributed by atoms with Gasteiger partial charge in [-0.05, 0) is 54.8 Å². The van der Waals surface area contributed by atoms with Gasteiger partial charge in [0.15, 0.2) is 0 Å². The van der Waals surface area contributed by atoms with Crippen LogP contribution in [0.2, 0.25) is 5.02 Å². The van der Waals surface area contributed by atoms with Crippen molar-refractivity contribution in [2.24, 2.45) is 0 Å². The lowest BCUT2D eigenvalue weighted by molar-refractivity contribution is 0.545. The van der Waals surface area contributed by atoms with Crippen molar-refractivity contribution < 1.29 is 4.39 Å². The maximum absolute atomic E-state index is 13.5. The van der Waals surface area contributed by atoms with E-state index in [4.69, 9.17) is 11.6 Å². The third-order valence-corrected chi connectivity index (χ3v) is 4.77. The van der Waals surface area contributed by atoms with Gasteiger partial charge in [0.25, 0.3) is 0 Å². The number of benzene rings is 2. The molecule has 0 aliphatic heterocycles. The molecule has 0 radical (unpaired) electrons. The first-order chi connectivity index (χ1) is 10.0. The normalized spacial score (nSPS) is 12.4. The summed E-state index contributed by atoms with van der Waals surface area (Å²) in [5.41, 5.74) is 3.03. The zero-order valence-electron chi connectivity index (χ0n) is 12.1. The summed E-state index contributed by atoms with van der Waals surface area (Å²) in [5.74, 6) is -0.223. The van der Waals surface area contributed by atoms with Gasteiger partial charge < -0.3 is 5.32 Å². The quantitative estimate of drug-likeness (QED) is 0.738.